The molecule has 3 aromatic carbocycles. The molecule has 0 saturated heterocycles. The first kappa shape index (κ1) is 18.8. The van der Waals surface area contributed by atoms with E-state index < -0.39 is 10.0 Å². The molecule has 1 aliphatic heterocycles. The number of carbonyl (C=O) groups excluding carboxylic acids is 1. The molecule has 8 heteroatoms. The van der Waals surface area contributed by atoms with Crippen LogP contribution in [0.2, 0.25) is 0 Å². The number of carbonyl (C=O) groups is 1. The fourth-order valence-corrected chi connectivity index (χ4v) is 4.07. The van der Waals surface area contributed by atoms with E-state index in [4.69, 9.17) is 9.47 Å². The van der Waals surface area contributed by atoms with Crippen molar-refractivity contribution in [1.29, 1.82) is 0 Å². The van der Waals surface area contributed by atoms with E-state index in [1.165, 1.54) is 25.3 Å². The largest absolute Gasteiger partial charge is 0.497 e. The summed E-state index contributed by atoms with van der Waals surface area (Å²) in [6, 6.07) is 16.1. The van der Waals surface area contributed by atoms with E-state index >= 15 is 0 Å². The minimum absolute atomic E-state index is 0.0513. The number of sulfonamides is 1. The lowest BCUT2D eigenvalue weighted by atomic mass is 10.1. The van der Waals surface area contributed by atoms with Crippen molar-refractivity contribution in [3.63, 3.8) is 0 Å². The van der Waals surface area contributed by atoms with Gasteiger partial charge in [-0.1, -0.05) is 12.1 Å². The highest BCUT2D eigenvalue weighted by molar-refractivity contribution is 7.92. The first-order valence-electron chi connectivity index (χ1n) is 8.76. The Labute approximate surface area is 168 Å². The molecule has 148 valence electrons. The summed E-state index contributed by atoms with van der Waals surface area (Å²) in [6.07, 6.45) is 0. The summed E-state index contributed by atoms with van der Waals surface area (Å²) >= 11 is 0. The Balaban J connectivity index is 1.66. The Morgan fingerprint density at radius 1 is 1.00 bits per heavy atom. The molecule has 0 unspecified atom stereocenters. The number of methoxy groups -OCH3 is 1. The van der Waals surface area contributed by atoms with Gasteiger partial charge in [0.2, 0.25) is 0 Å². The molecule has 1 heterocycles. The maximum absolute atomic E-state index is 12.7. The first-order chi connectivity index (χ1) is 13.9. The third-order valence-electron chi connectivity index (χ3n) is 4.43. The molecule has 1 aliphatic rings. The third kappa shape index (κ3) is 3.74. The third-order valence-corrected chi connectivity index (χ3v) is 5.81. The summed E-state index contributed by atoms with van der Waals surface area (Å²) in [4.78, 5) is 12.7. The fourth-order valence-electron chi connectivity index (χ4n) is 2.98. The van der Waals surface area contributed by atoms with Gasteiger partial charge in [-0.3, -0.25) is 9.52 Å². The molecule has 0 fully saturated rings. The average Bonchev–Trinajstić information content (AvgIpc) is 2.83. The van der Waals surface area contributed by atoms with Crippen molar-refractivity contribution in [2.75, 3.05) is 17.1 Å². The van der Waals surface area contributed by atoms with Crippen LogP contribution < -0.4 is 19.5 Å². The topological polar surface area (TPSA) is 93.7 Å². The number of benzene rings is 3. The van der Waals surface area contributed by atoms with Crippen LogP contribution in [0, 0.1) is 6.92 Å². The number of aryl methyl sites for hydroxylation is 1. The molecule has 29 heavy (non-hydrogen) atoms. The van der Waals surface area contributed by atoms with Crippen LogP contribution in [0.1, 0.15) is 15.9 Å². The Hall–Kier alpha value is -3.52. The second-order valence-corrected chi connectivity index (χ2v) is 8.23. The summed E-state index contributed by atoms with van der Waals surface area (Å²) in [5.41, 5.74) is 2.01. The van der Waals surface area contributed by atoms with Crippen LogP contribution in [0.4, 0.5) is 11.4 Å². The average molecular weight is 410 g/mol. The van der Waals surface area contributed by atoms with E-state index in [0.717, 1.165) is 5.56 Å². The molecular weight excluding hydrogens is 392 g/mol. The van der Waals surface area contributed by atoms with Gasteiger partial charge >= 0.3 is 0 Å². The molecule has 0 saturated carbocycles. The van der Waals surface area contributed by atoms with Crippen molar-refractivity contribution in [2.24, 2.45) is 0 Å². The zero-order chi connectivity index (χ0) is 20.6. The normalized spacial score (nSPS) is 12.7. The molecule has 0 bridgehead atoms. The predicted molar refractivity (Wildman–Crippen MR) is 109 cm³/mol. The molecule has 1 amide bonds. The van der Waals surface area contributed by atoms with Gasteiger partial charge in [-0.2, -0.15) is 0 Å². The van der Waals surface area contributed by atoms with Gasteiger partial charge in [-0.05, 0) is 55.0 Å². The lowest BCUT2D eigenvalue weighted by Gasteiger charge is -2.12. The molecule has 7 nitrogen and oxygen atoms in total. The number of rotatable bonds is 4. The number of nitrogens with one attached hydrogen (secondary N) is 2. The summed E-state index contributed by atoms with van der Waals surface area (Å²) in [7, 11) is -2.40. The van der Waals surface area contributed by atoms with E-state index in [0.29, 0.717) is 22.9 Å². The van der Waals surface area contributed by atoms with Crippen LogP contribution in [0.15, 0.2) is 65.6 Å². The van der Waals surface area contributed by atoms with Crippen LogP contribution in [0.25, 0.3) is 0 Å². The van der Waals surface area contributed by atoms with Crippen molar-refractivity contribution in [1.82, 2.24) is 0 Å². The lowest BCUT2D eigenvalue weighted by Crippen LogP contribution is -2.15. The van der Waals surface area contributed by atoms with Gasteiger partial charge < -0.3 is 14.8 Å². The molecule has 0 aliphatic carbocycles. The molecule has 4 rings (SSSR count). The Morgan fingerprint density at radius 2 is 1.79 bits per heavy atom. The highest BCUT2D eigenvalue weighted by Crippen LogP contribution is 2.37. The van der Waals surface area contributed by atoms with E-state index in [2.05, 4.69) is 10.0 Å². The first-order valence-corrected chi connectivity index (χ1v) is 10.2. The van der Waals surface area contributed by atoms with Crippen LogP contribution in [0.3, 0.4) is 0 Å². The monoisotopic (exact) mass is 410 g/mol. The molecule has 3 aromatic rings. The Morgan fingerprint density at radius 3 is 2.59 bits per heavy atom. The van der Waals surface area contributed by atoms with Crippen LogP contribution in [0.5, 0.6) is 17.2 Å². The van der Waals surface area contributed by atoms with Crippen molar-refractivity contribution in [3.8, 4) is 17.2 Å². The molecule has 0 atom stereocenters. The van der Waals surface area contributed by atoms with Crippen LogP contribution in [-0.2, 0) is 10.0 Å². The van der Waals surface area contributed by atoms with Gasteiger partial charge in [0.25, 0.3) is 15.9 Å². The Kier molecular flexibility index (Phi) is 4.63. The minimum Gasteiger partial charge on any atom is -0.497 e. The molecular formula is C21H18N2O5S. The van der Waals surface area contributed by atoms with Gasteiger partial charge in [0, 0.05) is 11.8 Å². The van der Waals surface area contributed by atoms with Crippen molar-refractivity contribution < 1.29 is 22.7 Å². The maximum Gasteiger partial charge on any atom is 0.262 e. The highest BCUT2D eigenvalue weighted by atomic mass is 32.2. The molecule has 0 spiro atoms. The number of ether oxygens (including phenoxy) is 2. The highest BCUT2D eigenvalue weighted by Gasteiger charge is 2.23. The summed E-state index contributed by atoms with van der Waals surface area (Å²) in [6.45, 7) is 1.91. The van der Waals surface area contributed by atoms with E-state index in [1.807, 2.05) is 19.1 Å². The Bertz CT molecular complexity index is 1220. The summed E-state index contributed by atoms with van der Waals surface area (Å²) in [5.74, 6) is 0.907. The summed E-state index contributed by atoms with van der Waals surface area (Å²) < 4.78 is 38.8. The number of anilines is 2. The maximum atomic E-state index is 12.7. The number of fused-ring (bicyclic) bond motifs is 2. The number of hydrogen-bond donors (Lipinski definition) is 2. The smallest absolute Gasteiger partial charge is 0.262 e. The van der Waals surface area contributed by atoms with Gasteiger partial charge in [0.05, 0.1) is 23.3 Å². The standard InChI is InChI=1S/C21H18N2O5S/c1-13-6-8-20-18(10-13)22-21(24)17-11-14(7-9-19(17)28-20)23-29(25,26)16-5-3-4-15(12-16)27-2/h3-12,23H,1-2H3,(H,22,24). The van der Waals surface area contributed by atoms with Gasteiger partial charge in [-0.25, -0.2) is 8.42 Å². The van der Waals surface area contributed by atoms with E-state index in [9.17, 15) is 13.2 Å². The SMILES string of the molecule is COc1cccc(S(=O)(=O)Nc2ccc3c(c2)C(=O)Nc2cc(C)ccc2O3)c1. The van der Waals surface area contributed by atoms with Crippen molar-refractivity contribution in [2.45, 2.75) is 11.8 Å². The lowest BCUT2D eigenvalue weighted by molar-refractivity contribution is 0.102. The van der Waals surface area contributed by atoms with E-state index in [1.54, 1.807) is 30.3 Å². The zero-order valence-corrected chi connectivity index (χ0v) is 16.5. The number of amides is 1. The fraction of sp³-hybridized carbons (Fsp3) is 0.0952. The predicted octanol–water partition coefficient (Wildman–Crippen LogP) is 4.16. The van der Waals surface area contributed by atoms with Gasteiger partial charge in [-0.15, -0.1) is 0 Å². The van der Waals surface area contributed by atoms with Crippen LogP contribution >= 0.6 is 0 Å². The van der Waals surface area contributed by atoms with Gasteiger partial charge in [0.15, 0.2) is 5.75 Å². The minimum atomic E-state index is -3.86. The van der Waals surface area contributed by atoms with Gasteiger partial charge in [0.1, 0.15) is 11.5 Å². The van der Waals surface area contributed by atoms with Crippen LogP contribution in [-0.4, -0.2) is 21.4 Å². The second kappa shape index (κ2) is 7.14. The second-order valence-electron chi connectivity index (χ2n) is 6.55. The van der Waals surface area contributed by atoms with Crippen molar-refractivity contribution in [3.05, 3.63) is 71.8 Å². The van der Waals surface area contributed by atoms with Crippen molar-refractivity contribution >= 4 is 27.3 Å². The summed E-state index contributed by atoms with van der Waals surface area (Å²) in [5, 5.41) is 2.80. The quantitative estimate of drug-likeness (QED) is 0.674. The van der Waals surface area contributed by atoms with E-state index in [-0.39, 0.29) is 22.1 Å². The molecule has 2 N–H and O–H groups in total. The molecule has 0 radical (unpaired) electrons. The molecule has 0 aromatic heterocycles. The number of hydrogen-bond acceptors (Lipinski definition) is 5. The zero-order valence-electron chi connectivity index (χ0n) is 15.7.